The molecule has 5 aromatic rings. The van der Waals surface area contributed by atoms with E-state index in [0.717, 1.165) is 58.0 Å². The Morgan fingerprint density at radius 3 is 2.77 bits per heavy atom. The summed E-state index contributed by atoms with van der Waals surface area (Å²) >= 11 is 1.48. The van der Waals surface area contributed by atoms with Gasteiger partial charge in [0.15, 0.2) is 0 Å². The number of nitrogens with two attached hydrogens (primary N) is 1. The van der Waals surface area contributed by atoms with Crippen molar-refractivity contribution in [3.8, 4) is 16.9 Å². The van der Waals surface area contributed by atoms with Gasteiger partial charge in [0, 0.05) is 46.9 Å². The minimum absolute atomic E-state index is 0.233. The maximum Gasteiger partial charge on any atom is 0.319 e. The molecule has 3 aromatic heterocycles. The summed E-state index contributed by atoms with van der Waals surface area (Å²) in [4.78, 5) is 32.8. The number of likely N-dealkylation sites (N-methyl/N-ethyl adjacent to an activating group) is 1. The van der Waals surface area contributed by atoms with Gasteiger partial charge >= 0.3 is 6.03 Å². The lowest BCUT2D eigenvalue weighted by atomic mass is 10.0. The first-order valence-electron chi connectivity index (χ1n) is 14.4. The number of aromatic nitrogens is 2. The predicted molar refractivity (Wildman–Crippen MR) is 174 cm³/mol. The molecule has 0 unspecified atom stereocenters. The number of methoxy groups -OCH3 is 1. The van der Waals surface area contributed by atoms with E-state index in [1.54, 1.807) is 13.3 Å². The highest BCUT2D eigenvalue weighted by atomic mass is 32.1. The van der Waals surface area contributed by atoms with Gasteiger partial charge in [0.1, 0.15) is 17.3 Å². The Bertz CT molecular complexity index is 1830. The summed E-state index contributed by atoms with van der Waals surface area (Å²) in [6.07, 6.45) is 3.84. The van der Waals surface area contributed by atoms with E-state index in [2.05, 4.69) is 32.8 Å². The molecule has 5 N–H and O–H groups in total. The van der Waals surface area contributed by atoms with Gasteiger partial charge in [-0.2, -0.15) is 0 Å². The number of anilines is 3. The summed E-state index contributed by atoms with van der Waals surface area (Å²) in [6.45, 7) is 4.81. The zero-order chi connectivity index (χ0) is 30.1. The van der Waals surface area contributed by atoms with Crippen LogP contribution in [0.15, 0.2) is 60.1 Å². The molecular weight excluding hydrogens is 562 g/mol. The third kappa shape index (κ3) is 5.49. The Labute approximate surface area is 253 Å². The second-order valence-corrected chi connectivity index (χ2v) is 11.6. The van der Waals surface area contributed by atoms with Crippen molar-refractivity contribution in [2.24, 2.45) is 7.05 Å². The minimum Gasteiger partial charge on any atom is -0.495 e. The Kier molecular flexibility index (Phi) is 7.92. The van der Waals surface area contributed by atoms with Crippen LogP contribution in [0.3, 0.4) is 0 Å². The van der Waals surface area contributed by atoms with Crippen LogP contribution in [0.2, 0.25) is 0 Å². The topological polar surface area (TPSA) is 127 Å². The van der Waals surface area contributed by atoms with Gasteiger partial charge in [-0.15, -0.1) is 11.3 Å². The molecule has 6 rings (SSSR count). The number of nitrogens with one attached hydrogen (secondary N) is 3. The molecule has 11 heteroatoms. The van der Waals surface area contributed by atoms with Crippen molar-refractivity contribution in [3.05, 3.63) is 65.8 Å². The third-order valence-corrected chi connectivity index (χ3v) is 9.23. The number of rotatable bonds is 8. The number of pyridine rings is 1. The van der Waals surface area contributed by atoms with Crippen LogP contribution in [0.4, 0.5) is 22.0 Å². The molecule has 1 fully saturated rings. The number of likely N-dealkylation sites (tertiary alicyclic amines) is 1. The van der Waals surface area contributed by atoms with E-state index in [-0.39, 0.29) is 11.9 Å². The van der Waals surface area contributed by atoms with E-state index in [0.29, 0.717) is 41.2 Å². The molecule has 1 atom stereocenters. The van der Waals surface area contributed by atoms with Crippen molar-refractivity contribution < 1.29 is 14.3 Å². The number of para-hydroxylation sites is 1. The second-order valence-electron chi connectivity index (χ2n) is 10.7. The highest BCUT2D eigenvalue weighted by molar-refractivity contribution is 7.18. The fraction of sp³-hybridized carbons (Fsp3) is 0.281. The minimum atomic E-state index is -0.265. The van der Waals surface area contributed by atoms with Gasteiger partial charge in [-0.05, 0) is 55.8 Å². The highest BCUT2D eigenvalue weighted by Crippen LogP contribution is 2.42. The van der Waals surface area contributed by atoms with Gasteiger partial charge in [-0.3, -0.25) is 9.69 Å². The van der Waals surface area contributed by atoms with Crippen molar-refractivity contribution in [3.63, 3.8) is 0 Å². The SMILES string of the molecule is CCN1CCC[C@@H]1CNC(=O)Nc1cnc(N)c2c(-c3ccc(NC(=O)c4cc5ccccc5n4C)c(OC)c3)csc12. The highest BCUT2D eigenvalue weighted by Gasteiger charge is 2.24. The standard InChI is InChI=1S/C32H35N7O3S/c1-4-39-13-7-9-21(39)16-35-32(41)37-24-17-34-30(33)28-22(18-43-29(24)28)19-11-12-23(27(15-19)42-3)36-31(40)26-14-20-8-5-6-10-25(20)38(26)2/h5-6,8,10-12,14-15,17-18,21H,4,7,9,13,16H2,1-3H3,(H2,33,34)(H,36,40)(H2,35,37,41)/t21-/m1/s1. The number of carbonyl (C=O) groups excluding carboxylic acids is 2. The van der Waals surface area contributed by atoms with Gasteiger partial charge in [0.25, 0.3) is 5.91 Å². The lowest BCUT2D eigenvalue weighted by Gasteiger charge is -2.22. The summed E-state index contributed by atoms with van der Waals surface area (Å²) in [7, 11) is 3.44. The van der Waals surface area contributed by atoms with E-state index in [9.17, 15) is 9.59 Å². The summed E-state index contributed by atoms with van der Waals surface area (Å²) in [5.41, 5.74) is 10.7. The van der Waals surface area contributed by atoms with Crippen LogP contribution in [0, 0.1) is 0 Å². The number of hydrogen-bond donors (Lipinski definition) is 4. The van der Waals surface area contributed by atoms with E-state index in [1.807, 2.05) is 65.5 Å². The summed E-state index contributed by atoms with van der Waals surface area (Å²) < 4.78 is 8.39. The molecule has 0 spiro atoms. The summed E-state index contributed by atoms with van der Waals surface area (Å²) in [5.74, 6) is 0.648. The fourth-order valence-corrected chi connectivity index (χ4v) is 7.00. The average molecular weight is 598 g/mol. The molecule has 0 radical (unpaired) electrons. The van der Waals surface area contributed by atoms with E-state index in [1.165, 1.54) is 11.3 Å². The number of thiophene rings is 1. The van der Waals surface area contributed by atoms with Gasteiger partial charge < -0.3 is 31.0 Å². The number of hydrogen-bond acceptors (Lipinski definition) is 7. The van der Waals surface area contributed by atoms with E-state index in [4.69, 9.17) is 10.5 Å². The fourth-order valence-electron chi connectivity index (χ4n) is 5.94. The van der Waals surface area contributed by atoms with Crippen LogP contribution >= 0.6 is 11.3 Å². The Morgan fingerprint density at radius 2 is 1.98 bits per heavy atom. The number of amides is 3. The normalized spacial score (nSPS) is 15.2. The van der Waals surface area contributed by atoms with Crippen LogP contribution < -0.4 is 26.4 Å². The third-order valence-electron chi connectivity index (χ3n) is 8.22. The molecule has 0 bridgehead atoms. The van der Waals surface area contributed by atoms with Gasteiger partial charge in [-0.25, -0.2) is 9.78 Å². The maximum atomic E-state index is 13.2. The smallest absolute Gasteiger partial charge is 0.319 e. The Hall–Kier alpha value is -4.61. The summed E-state index contributed by atoms with van der Waals surface area (Å²) in [6, 6.07) is 15.4. The van der Waals surface area contributed by atoms with Crippen molar-refractivity contribution in [1.82, 2.24) is 19.8 Å². The number of nitrogen functional groups attached to an aromatic ring is 1. The van der Waals surface area contributed by atoms with Gasteiger partial charge in [-0.1, -0.05) is 31.2 Å². The number of fused-ring (bicyclic) bond motifs is 2. The van der Waals surface area contributed by atoms with Crippen molar-refractivity contribution >= 4 is 61.5 Å². The largest absolute Gasteiger partial charge is 0.495 e. The van der Waals surface area contributed by atoms with E-state index < -0.39 is 0 Å². The number of aryl methyl sites for hydroxylation is 1. The average Bonchev–Trinajstić information content (AvgIpc) is 3.75. The van der Waals surface area contributed by atoms with Crippen LogP contribution in [-0.4, -0.2) is 59.2 Å². The number of ether oxygens (including phenoxy) is 1. The molecule has 1 aliphatic heterocycles. The first kappa shape index (κ1) is 28.5. The molecule has 0 aliphatic carbocycles. The molecule has 2 aromatic carbocycles. The lowest BCUT2D eigenvalue weighted by molar-refractivity contribution is 0.101. The number of benzene rings is 2. The number of urea groups is 1. The molecule has 10 nitrogen and oxygen atoms in total. The predicted octanol–water partition coefficient (Wildman–Crippen LogP) is 5.90. The zero-order valence-electron chi connectivity index (χ0n) is 24.4. The molecule has 3 amide bonds. The van der Waals surface area contributed by atoms with Gasteiger partial charge in [0.2, 0.25) is 0 Å². The molecular formula is C32H35N7O3S. The molecule has 222 valence electrons. The second kappa shape index (κ2) is 11.9. The van der Waals surface area contributed by atoms with Crippen molar-refractivity contribution in [1.29, 1.82) is 0 Å². The zero-order valence-corrected chi connectivity index (χ0v) is 25.3. The number of carbonyl (C=O) groups is 2. The van der Waals surface area contributed by atoms with Crippen LogP contribution in [0.1, 0.15) is 30.3 Å². The molecule has 43 heavy (non-hydrogen) atoms. The molecule has 1 saturated heterocycles. The van der Waals surface area contributed by atoms with Crippen molar-refractivity contribution in [2.75, 3.05) is 43.1 Å². The maximum absolute atomic E-state index is 13.2. The quantitative estimate of drug-likeness (QED) is 0.176. The van der Waals surface area contributed by atoms with Gasteiger partial charge in [0.05, 0.1) is 29.4 Å². The number of nitrogens with zero attached hydrogens (tertiary/aromatic N) is 3. The van der Waals surface area contributed by atoms with Crippen LogP contribution in [-0.2, 0) is 7.05 Å². The molecule has 1 aliphatic rings. The lowest BCUT2D eigenvalue weighted by Crippen LogP contribution is -2.41. The Morgan fingerprint density at radius 1 is 1.14 bits per heavy atom. The Balaban J connectivity index is 1.22. The first-order chi connectivity index (χ1) is 20.9. The van der Waals surface area contributed by atoms with E-state index >= 15 is 0 Å². The molecule has 4 heterocycles. The molecule has 0 saturated carbocycles. The first-order valence-corrected chi connectivity index (χ1v) is 15.2. The monoisotopic (exact) mass is 597 g/mol. The van der Waals surface area contributed by atoms with Crippen LogP contribution in [0.25, 0.3) is 32.1 Å². The summed E-state index contributed by atoms with van der Waals surface area (Å²) in [5, 5.41) is 12.7. The van der Waals surface area contributed by atoms with Crippen molar-refractivity contribution in [2.45, 2.75) is 25.8 Å². The van der Waals surface area contributed by atoms with Crippen LogP contribution in [0.5, 0.6) is 5.75 Å².